The van der Waals surface area contributed by atoms with E-state index in [9.17, 15) is 22.0 Å². The van der Waals surface area contributed by atoms with Gasteiger partial charge in [0.25, 0.3) is 0 Å². The Morgan fingerprint density at radius 3 is 1.79 bits per heavy atom. The minimum absolute atomic E-state index is 0.0494. The molecule has 8 nitrogen and oxygen atoms in total. The van der Waals surface area contributed by atoms with E-state index in [0.717, 1.165) is 28.7 Å². The van der Waals surface area contributed by atoms with Crippen molar-refractivity contribution in [2.75, 3.05) is 10.7 Å². The molecule has 0 aromatic heterocycles. The van der Waals surface area contributed by atoms with Crippen LogP contribution in [-0.4, -0.2) is 59.1 Å². The second-order valence-electron chi connectivity index (χ2n) is 21.6. The van der Waals surface area contributed by atoms with Crippen LogP contribution in [0.25, 0.3) is 11.1 Å². The molecule has 1 amide bonds. The van der Waals surface area contributed by atoms with Gasteiger partial charge >= 0.3 is 0 Å². The van der Waals surface area contributed by atoms with Gasteiger partial charge in [0.1, 0.15) is 11.6 Å². The summed E-state index contributed by atoms with van der Waals surface area (Å²) in [5.41, 5.74) is 4.17. The fraction of sp³-hybridized carbons (Fsp3) is 0.554. The molecule has 0 bridgehead atoms. The van der Waals surface area contributed by atoms with E-state index in [2.05, 4.69) is 82.3 Å². The molecule has 0 N–H and O–H groups in total. The van der Waals surface area contributed by atoms with E-state index < -0.39 is 24.3 Å². The van der Waals surface area contributed by atoms with Crippen molar-refractivity contribution in [3.05, 3.63) is 120 Å². The fourth-order valence-electron chi connectivity index (χ4n) is 10.4. The van der Waals surface area contributed by atoms with Crippen LogP contribution >= 0.6 is 0 Å². The van der Waals surface area contributed by atoms with E-state index in [-0.39, 0.29) is 93.6 Å². The van der Waals surface area contributed by atoms with Crippen LogP contribution in [0.3, 0.4) is 0 Å². The summed E-state index contributed by atoms with van der Waals surface area (Å²) < 4.78 is 83.1. The van der Waals surface area contributed by atoms with Gasteiger partial charge in [-0.05, 0) is 138 Å². The molecule has 3 aliphatic rings. The standard InChI is InChI=1S/C56H75F2NO7SSi/c1-13-48-35(4)34(3)38(7)55(64-48)65-53-37(6)36(5)51(63-49(53)14-2)33-67(61,62)46-29-21-40(22-30-46)39-15-17-42(18-16-39)52-47(54(60)59(52)45-27-25-44(58)26-28-45)31-32-50(41-19-23-43(57)24-20-41)66-68(11,12)56(8,9)10/h15-30,34-38,47-53,55H,13-14,31-33H2,1-12H3/t34-,35-,36?,37+,38?,47+,48?,49?,50-,51-,52+,53-,55-/m0/s1. The number of sulfone groups is 1. The summed E-state index contributed by atoms with van der Waals surface area (Å²) in [6, 6.07) is 27.2. The Labute approximate surface area is 406 Å². The van der Waals surface area contributed by atoms with Crippen LogP contribution < -0.4 is 4.90 Å². The highest BCUT2D eigenvalue weighted by molar-refractivity contribution is 7.91. The molecule has 7 rings (SSSR count). The summed E-state index contributed by atoms with van der Waals surface area (Å²) in [6.07, 6.45) is 1.23. The van der Waals surface area contributed by atoms with Gasteiger partial charge in [0, 0.05) is 11.6 Å². The van der Waals surface area contributed by atoms with Gasteiger partial charge in [-0.1, -0.05) is 118 Å². The summed E-state index contributed by atoms with van der Waals surface area (Å²) in [6.45, 7) is 26.1. The number of anilines is 1. The Morgan fingerprint density at radius 2 is 1.24 bits per heavy atom. The Morgan fingerprint density at radius 1 is 0.691 bits per heavy atom. The van der Waals surface area contributed by atoms with Gasteiger partial charge in [-0.25, -0.2) is 17.2 Å². The highest BCUT2D eigenvalue weighted by Crippen LogP contribution is 2.49. The molecule has 4 aromatic carbocycles. The van der Waals surface area contributed by atoms with E-state index in [1.54, 1.807) is 41.3 Å². The quantitative estimate of drug-likeness (QED) is 0.0816. The van der Waals surface area contributed by atoms with Crippen molar-refractivity contribution in [3.63, 3.8) is 0 Å². The molecule has 3 fully saturated rings. The number of benzene rings is 4. The molecule has 0 spiro atoms. The number of hydrogen-bond donors (Lipinski definition) is 0. The summed E-state index contributed by atoms with van der Waals surface area (Å²) >= 11 is 0. The molecule has 0 saturated carbocycles. The van der Waals surface area contributed by atoms with Crippen molar-refractivity contribution < 1.29 is 40.6 Å². The van der Waals surface area contributed by atoms with Crippen LogP contribution in [0, 0.1) is 47.1 Å². The van der Waals surface area contributed by atoms with Crippen LogP contribution in [0.1, 0.15) is 118 Å². The lowest BCUT2D eigenvalue weighted by molar-refractivity contribution is -0.299. The van der Waals surface area contributed by atoms with E-state index in [0.29, 0.717) is 36.8 Å². The van der Waals surface area contributed by atoms with Crippen molar-refractivity contribution in [3.8, 4) is 11.1 Å². The van der Waals surface area contributed by atoms with Gasteiger partial charge in [0.2, 0.25) is 5.91 Å². The van der Waals surface area contributed by atoms with Crippen molar-refractivity contribution in [1.29, 1.82) is 0 Å². The number of carbonyl (C=O) groups is 1. The molecule has 3 saturated heterocycles. The number of carbonyl (C=O) groups excluding carboxylic acids is 1. The molecule has 3 heterocycles. The maximum Gasteiger partial charge on any atom is 0.233 e. The van der Waals surface area contributed by atoms with Gasteiger partial charge in [0.15, 0.2) is 24.4 Å². The van der Waals surface area contributed by atoms with Gasteiger partial charge < -0.3 is 23.5 Å². The summed E-state index contributed by atoms with van der Waals surface area (Å²) in [5, 5.41) is -0.0585. The molecule has 370 valence electrons. The average molecular weight is 972 g/mol. The second kappa shape index (κ2) is 20.9. The largest absolute Gasteiger partial charge is 0.410 e. The molecule has 12 heteroatoms. The zero-order chi connectivity index (χ0) is 49.5. The van der Waals surface area contributed by atoms with Crippen molar-refractivity contribution in [1.82, 2.24) is 0 Å². The number of halogens is 2. The van der Waals surface area contributed by atoms with E-state index >= 15 is 0 Å². The smallest absolute Gasteiger partial charge is 0.233 e. The van der Waals surface area contributed by atoms with Gasteiger partial charge in [-0.15, -0.1) is 0 Å². The number of rotatable bonds is 16. The summed E-state index contributed by atoms with van der Waals surface area (Å²) in [7, 11) is -5.97. The van der Waals surface area contributed by atoms with Crippen LogP contribution in [0.15, 0.2) is 102 Å². The van der Waals surface area contributed by atoms with Crippen molar-refractivity contribution in [2.24, 2.45) is 35.5 Å². The van der Waals surface area contributed by atoms with Gasteiger partial charge in [-0.2, -0.15) is 0 Å². The Bertz CT molecular complexity index is 2420. The van der Waals surface area contributed by atoms with Crippen LogP contribution in [0.4, 0.5) is 14.5 Å². The number of β-lactam (4-membered cyclic amide) rings is 1. The van der Waals surface area contributed by atoms with Gasteiger partial charge in [-0.3, -0.25) is 4.79 Å². The maximum atomic E-state index is 14.1. The van der Waals surface area contributed by atoms with E-state index in [1.165, 1.54) is 24.3 Å². The molecule has 68 heavy (non-hydrogen) atoms. The first kappa shape index (κ1) is 52.1. The van der Waals surface area contributed by atoms with Crippen LogP contribution in [0.2, 0.25) is 18.1 Å². The Kier molecular flexibility index (Phi) is 16.0. The normalized spacial score (nSPS) is 29.7. The number of hydrogen-bond acceptors (Lipinski definition) is 7. The molecule has 4 aromatic rings. The molecule has 3 aliphatic heterocycles. The molecular formula is C56H75F2NO7SSi. The number of amides is 1. The highest BCUT2D eigenvalue weighted by atomic mass is 32.2. The lowest BCUT2D eigenvalue weighted by Gasteiger charge is -2.49. The van der Waals surface area contributed by atoms with Crippen LogP contribution in [-0.2, 0) is 33.3 Å². The van der Waals surface area contributed by atoms with E-state index in [1.807, 2.05) is 36.4 Å². The fourth-order valence-corrected chi connectivity index (χ4v) is 13.2. The molecule has 0 aliphatic carbocycles. The third kappa shape index (κ3) is 10.9. The first-order valence-electron chi connectivity index (χ1n) is 25.0. The number of ether oxygens (including phenoxy) is 3. The topological polar surface area (TPSA) is 91.4 Å². The zero-order valence-corrected chi connectivity index (χ0v) is 44.1. The predicted octanol–water partition coefficient (Wildman–Crippen LogP) is 13.5. The lowest BCUT2D eigenvalue weighted by atomic mass is 9.77. The lowest BCUT2D eigenvalue weighted by Crippen LogP contribution is -2.55. The first-order chi connectivity index (χ1) is 32.0. The third-order valence-electron chi connectivity index (χ3n) is 16.5. The third-order valence-corrected chi connectivity index (χ3v) is 22.7. The Balaban J connectivity index is 1.05. The maximum absolute atomic E-state index is 14.1. The van der Waals surface area contributed by atoms with E-state index in [4.69, 9.17) is 18.6 Å². The van der Waals surface area contributed by atoms with Crippen molar-refractivity contribution in [2.45, 2.75) is 161 Å². The molecular weight excluding hydrogens is 897 g/mol. The van der Waals surface area contributed by atoms with Crippen LogP contribution in [0.5, 0.6) is 0 Å². The predicted molar refractivity (Wildman–Crippen MR) is 269 cm³/mol. The zero-order valence-electron chi connectivity index (χ0n) is 42.2. The number of nitrogens with zero attached hydrogens (tertiary/aromatic N) is 1. The minimum atomic E-state index is -3.71. The molecule has 13 atom stereocenters. The van der Waals surface area contributed by atoms with Crippen molar-refractivity contribution >= 4 is 29.7 Å². The molecule has 0 radical (unpaired) electrons. The minimum Gasteiger partial charge on any atom is -0.410 e. The average Bonchev–Trinajstić information content (AvgIpc) is 3.30. The Hall–Kier alpha value is -3.78. The highest BCUT2D eigenvalue weighted by Gasteiger charge is 2.50. The summed E-state index contributed by atoms with van der Waals surface area (Å²) in [4.78, 5) is 16.1. The van der Waals surface area contributed by atoms with Gasteiger partial charge in [0.05, 0.1) is 53.1 Å². The first-order valence-corrected chi connectivity index (χ1v) is 29.5. The monoisotopic (exact) mass is 972 g/mol. The molecule has 4 unspecified atom stereocenters. The summed E-state index contributed by atoms with van der Waals surface area (Å²) in [5.74, 6) is -0.138. The SMILES string of the molecule is CCC1O[C@@H](O[C@@H]2C(CC)O[C@@H](CS(=O)(=O)c3ccc(-c4ccc([C@@H]5[C@@H](CC[C@H](O[Si](C)(C)C(C)(C)C)c6ccc(F)cc6)C(=O)N5c5ccc(F)cc5)cc4)cc3)C(C)[C@H]2C)C(C)[C@@H](C)[C@@H]1C. The second-order valence-corrected chi connectivity index (χ2v) is 28.4.